The van der Waals surface area contributed by atoms with Crippen LogP contribution in [0.4, 0.5) is 0 Å². The highest BCUT2D eigenvalue weighted by Crippen LogP contribution is 2.37. The average molecular weight is 337 g/mol. The van der Waals surface area contributed by atoms with Gasteiger partial charge in [-0.1, -0.05) is 37.6 Å². The molecule has 0 amide bonds. The van der Waals surface area contributed by atoms with Crippen LogP contribution in [0, 0.1) is 0 Å². The summed E-state index contributed by atoms with van der Waals surface area (Å²) >= 11 is 0. The third kappa shape index (κ3) is 4.04. The van der Waals surface area contributed by atoms with E-state index >= 15 is 0 Å². The molecule has 0 aliphatic carbocycles. The second kappa shape index (κ2) is 8.19. The average Bonchev–Trinajstić information content (AvgIpc) is 2.66. The van der Waals surface area contributed by atoms with Gasteiger partial charge in [0.1, 0.15) is 0 Å². The van der Waals surface area contributed by atoms with E-state index in [0.717, 1.165) is 30.8 Å². The Labute approximate surface area is 150 Å². The first-order valence-corrected chi connectivity index (χ1v) is 9.09. The fraction of sp³-hybridized carbons (Fsp3) is 0.409. The van der Waals surface area contributed by atoms with Gasteiger partial charge in [-0.05, 0) is 53.6 Å². The van der Waals surface area contributed by atoms with Gasteiger partial charge < -0.3 is 9.47 Å². The maximum Gasteiger partial charge on any atom is 0.161 e. The second-order valence-corrected chi connectivity index (χ2v) is 6.58. The smallest absolute Gasteiger partial charge is 0.161 e. The number of aryl methyl sites for hydroxylation is 1. The summed E-state index contributed by atoms with van der Waals surface area (Å²) in [4.78, 5) is 4.75. The van der Waals surface area contributed by atoms with Crippen molar-refractivity contribution in [3.8, 4) is 11.5 Å². The second-order valence-electron chi connectivity index (χ2n) is 6.58. The molecule has 3 rings (SSSR count). The Morgan fingerprint density at radius 1 is 1.00 bits per heavy atom. The van der Waals surface area contributed by atoms with Gasteiger partial charge in [-0.15, -0.1) is 0 Å². The minimum absolute atomic E-state index is 0.144. The number of ether oxygens (including phenoxy) is 2. The number of benzene rings is 2. The Morgan fingerprint density at radius 3 is 2.36 bits per heavy atom. The van der Waals surface area contributed by atoms with Crippen LogP contribution in [-0.2, 0) is 19.3 Å². The molecule has 25 heavy (non-hydrogen) atoms. The molecule has 0 spiro atoms. The van der Waals surface area contributed by atoms with Gasteiger partial charge in [0.2, 0.25) is 0 Å². The predicted molar refractivity (Wildman–Crippen MR) is 103 cm³/mol. The molecular weight excluding hydrogens is 310 g/mol. The number of fused-ring (bicyclic) bond motifs is 1. The highest BCUT2D eigenvalue weighted by molar-refractivity contribution is 5.67. The Kier molecular flexibility index (Phi) is 5.75. The lowest BCUT2D eigenvalue weighted by Crippen LogP contribution is -2.11. The molecule has 0 N–H and O–H groups in total. The first kappa shape index (κ1) is 17.5. The van der Waals surface area contributed by atoms with Crippen molar-refractivity contribution in [1.82, 2.24) is 0 Å². The maximum absolute atomic E-state index is 5.48. The van der Waals surface area contributed by atoms with Crippen LogP contribution in [-0.4, -0.2) is 20.4 Å². The Balaban J connectivity index is 1.80. The number of nitrogens with zero attached hydrogens (tertiary/aromatic N) is 1. The molecule has 0 aromatic heterocycles. The molecule has 1 atom stereocenters. The van der Waals surface area contributed by atoms with Gasteiger partial charge in [-0.2, -0.15) is 0 Å². The van der Waals surface area contributed by atoms with Gasteiger partial charge in [0, 0.05) is 12.6 Å². The lowest BCUT2D eigenvalue weighted by Gasteiger charge is -2.22. The van der Waals surface area contributed by atoms with Crippen LogP contribution in [0.2, 0.25) is 0 Å². The van der Waals surface area contributed by atoms with Crippen molar-refractivity contribution < 1.29 is 9.47 Å². The molecule has 1 heterocycles. The molecule has 2 aromatic carbocycles. The van der Waals surface area contributed by atoms with Gasteiger partial charge in [0.15, 0.2) is 11.5 Å². The summed E-state index contributed by atoms with van der Waals surface area (Å²) < 4.78 is 10.9. The summed E-state index contributed by atoms with van der Waals surface area (Å²) in [5.41, 5.74) is 5.27. The van der Waals surface area contributed by atoms with Crippen LogP contribution in [0.15, 0.2) is 41.4 Å². The van der Waals surface area contributed by atoms with Gasteiger partial charge in [-0.3, -0.25) is 4.99 Å². The normalized spacial score (nSPS) is 15.7. The van der Waals surface area contributed by atoms with E-state index < -0.39 is 0 Å². The third-order valence-corrected chi connectivity index (χ3v) is 4.87. The summed E-state index contributed by atoms with van der Waals surface area (Å²) in [6.07, 6.45) is 7.43. The van der Waals surface area contributed by atoms with Gasteiger partial charge >= 0.3 is 0 Å². The summed E-state index contributed by atoms with van der Waals surface area (Å²) in [6, 6.07) is 13.3. The number of unbranched alkanes of at least 4 members (excludes halogenated alkanes) is 1. The topological polar surface area (TPSA) is 30.8 Å². The zero-order valence-electron chi connectivity index (χ0n) is 15.4. The Bertz CT molecular complexity index is 734. The summed E-state index contributed by atoms with van der Waals surface area (Å²) in [5, 5.41) is 0. The molecular formula is C22H27NO2. The maximum atomic E-state index is 5.48. The van der Waals surface area contributed by atoms with E-state index in [1.54, 1.807) is 14.2 Å². The van der Waals surface area contributed by atoms with Crippen molar-refractivity contribution in [2.75, 3.05) is 14.2 Å². The third-order valence-electron chi connectivity index (χ3n) is 4.87. The van der Waals surface area contributed by atoms with Crippen LogP contribution in [0.1, 0.15) is 48.1 Å². The van der Waals surface area contributed by atoms with E-state index in [4.69, 9.17) is 14.5 Å². The zero-order chi connectivity index (χ0) is 17.6. The van der Waals surface area contributed by atoms with E-state index in [0.29, 0.717) is 0 Å². The minimum Gasteiger partial charge on any atom is -0.493 e. The number of rotatable bonds is 7. The van der Waals surface area contributed by atoms with E-state index in [9.17, 15) is 0 Å². The number of methoxy groups -OCH3 is 2. The van der Waals surface area contributed by atoms with Gasteiger partial charge in [-0.25, -0.2) is 0 Å². The molecule has 0 bridgehead atoms. The highest BCUT2D eigenvalue weighted by atomic mass is 16.5. The molecule has 1 aliphatic heterocycles. The molecule has 0 radical (unpaired) electrons. The molecule has 0 saturated heterocycles. The van der Waals surface area contributed by atoms with Gasteiger partial charge in [0.05, 0.1) is 20.3 Å². The van der Waals surface area contributed by atoms with E-state index in [-0.39, 0.29) is 6.04 Å². The molecule has 0 fully saturated rings. The Hall–Kier alpha value is -2.29. The first-order valence-electron chi connectivity index (χ1n) is 9.09. The van der Waals surface area contributed by atoms with Crippen LogP contribution < -0.4 is 9.47 Å². The fourth-order valence-corrected chi connectivity index (χ4v) is 3.39. The molecule has 132 valence electrons. The van der Waals surface area contributed by atoms with E-state index in [1.807, 2.05) is 6.21 Å². The number of hydrogen-bond acceptors (Lipinski definition) is 3. The van der Waals surface area contributed by atoms with Crippen LogP contribution in [0.25, 0.3) is 0 Å². The molecule has 3 heteroatoms. The van der Waals surface area contributed by atoms with Crippen molar-refractivity contribution >= 4 is 6.21 Å². The zero-order valence-corrected chi connectivity index (χ0v) is 15.4. The van der Waals surface area contributed by atoms with Crippen molar-refractivity contribution in [3.05, 3.63) is 58.7 Å². The van der Waals surface area contributed by atoms with Crippen molar-refractivity contribution in [3.63, 3.8) is 0 Å². The quantitative estimate of drug-likeness (QED) is 0.715. The van der Waals surface area contributed by atoms with Crippen LogP contribution in [0.3, 0.4) is 0 Å². The molecule has 1 aliphatic rings. The lowest BCUT2D eigenvalue weighted by molar-refractivity contribution is 0.353. The largest absolute Gasteiger partial charge is 0.493 e. The summed E-state index contributed by atoms with van der Waals surface area (Å²) in [7, 11) is 3.36. The predicted octanol–water partition coefficient (Wildman–Crippen LogP) is 4.96. The van der Waals surface area contributed by atoms with E-state index in [1.165, 1.54) is 35.1 Å². The fourth-order valence-electron chi connectivity index (χ4n) is 3.39. The van der Waals surface area contributed by atoms with Crippen molar-refractivity contribution in [2.45, 2.75) is 45.1 Å². The molecule has 1 unspecified atom stereocenters. The van der Waals surface area contributed by atoms with Crippen molar-refractivity contribution in [1.29, 1.82) is 0 Å². The standard InChI is InChI=1S/C22H27NO2/c1-4-5-6-16-7-9-17(10-8-16)13-20-19-15-22(25-3)21(24-2)14-18(19)11-12-23-20/h7-10,12,14-15,20H,4-6,11,13H2,1-3H3. The number of aliphatic imine (C=N–C) groups is 1. The SMILES string of the molecule is CCCCc1ccc(CC2N=CCc3cc(OC)c(OC)cc32)cc1. The molecule has 3 nitrogen and oxygen atoms in total. The monoisotopic (exact) mass is 337 g/mol. The first-order chi connectivity index (χ1) is 12.2. The van der Waals surface area contributed by atoms with Crippen LogP contribution in [0.5, 0.6) is 11.5 Å². The van der Waals surface area contributed by atoms with Crippen molar-refractivity contribution in [2.24, 2.45) is 4.99 Å². The molecule has 0 saturated carbocycles. The number of hydrogen-bond donors (Lipinski definition) is 0. The summed E-state index contributed by atoms with van der Waals surface area (Å²) in [5.74, 6) is 1.56. The van der Waals surface area contributed by atoms with E-state index in [2.05, 4.69) is 43.3 Å². The minimum atomic E-state index is 0.144. The highest BCUT2D eigenvalue weighted by Gasteiger charge is 2.21. The molecule has 2 aromatic rings. The van der Waals surface area contributed by atoms with Crippen LogP contribution >= 0.6 is 0 Å². The summed E-state index contributed by atoms with van der Waals surface area (Å²) in [6.45, 7) is 2.23. The Morgan fingerprint density at radius 2 is 1.68 bits per heavy atom. The van der Waals surface area contributed by atoms with Gasteiger partial charge in [0.25, 0.3) is 0 Å². The lowest BCUT2D eigenvalue weighted by atomic mass is 9.91.